The quantitative estimate of drug-likeness (QED) is 0.0379. The molecule has 1 aliphatic rings. The van der Waals surface area contributed by atoms with Crippen molar-refractivity contribution < 1.29 is 61.9 Å². The lowest BCUT2D eigenvalue weighted by Crippen LogP contribution is -2.49. The summed E-state index contributed by atoms with van der Waals surface area (Å²) < 4.78 is 46.9. The molecule has 0 aliphatic carbocycles. The van der Waals surface area contributed by atoms with Gasteiger partial charge in [0.2, 0.25) is 0 Å². The number of likely N-dealkylation sites (N-methyl/N-ethyl adjacent to an activating group) is 2. The Morgan fingerprint density at radius 2 is 1.09 bits per heavy atom. The number of amides is 3. The second kappa shape index (κ2) is 35.4. The Kier molecular flexibility index (Phi) is 31.6. The fraction of sp³-hybridized carbons (Fsp3) is 0.787. The highest BCUT2D eigenvalue weighted by Crippen LogP contribution is 2.24. The first-order chi connectivity index (χ1) is 37.6. The van der Waals surface area contributed by atoms with Crippen molar-refractivity contribution in [1.29, 1.82) is 0 Å². The van der Waals surface area contributed by atoms with Crippen LogP contribution in [0.4, 0.5) is 14.4 Å². The number of ether oxygens (including phenoxy) is 8. The van der Waals surface area contributed by atoms with Crippen molar-refractivity contribution >= 4 is 30.2 Å². The zero-order valence-corrected chi connectivity index (χ0v) is 53.5. The maximum atomic E-state index is 13.9. The minimum atomic E-state index is -0.731. The molecule has 20 nitrogen and oxygen atoms in total. The van der Waals surface area contributed by atoms with Gasteiger partial charge in [-0.05, 0) is 167 Å². The highest BCUT2D eigenvalue weighted by molar-refractivity contribution is 5.83. The Balaban J connectivity index is 2.68. The number of hydrogen-bond acceptors (Lipinski definition) is 17. The summed E-state index contributed by atoms with van der Waals surface area (Å²) in [6, 6.07) is 6.27. The van der Waals surface area contributed by atoms with E-state index >= 15 is 0 Å². The molecule has 1 heterocycles. The van der Waals surface area contributed by atoms with E-state index in [1.54, 1.807) is 20.8 Å². The zero-order chi connectivity index (χ0) is 61.0. The van der Waals surface area contributed by atoms with Gasteiger partial charge in [0.1, 0.15) is 40.4 Å². The van der Waals surface area contributed by atoms with Gasteiger partial charge in [0.05, 0.1) is 26.4 Å². The van der Waals surface area contributed by atoms with Crippen LogP contribution in [0.5, 0.6) is 5.75 Å². The van der Waals surface area contributed by atoms with E-state index in [1.165, 1.54) is 0 Å². The van der Waals surface area contributed by atoms with Crippen molar-refractivity contribution in [1.82, 2.24) is 34.7 Å². The van der Waals surface area contributed by atoms with Crippen LogP contribution in [-0.2, 0) is 55.8 Å². The fourth-order valence-electron chi connectivity index (χ4n) is 8.30. The number of benzene rings is 1. The minimum Gasteiger partial charge on any atom is -0.491 e. The summed E-state index contributed by atoms with van der Waals surface area (Å²) in [7, 11) is 3.92. The summed E-state index contributed by atoms with van der Waals surface area (Å²) in [5.41, 5.74) is -0.622. The third kappa shape index (κ3) is 35.8. The Hall–Kier alpha value is -4.73. The van der Waals surface area contributed by atoms with Crippen molar-refractivity contribution in [2.45, 2.75) is 184 Å². The molecule has 0 spiro atoms. The smallest absolute Gasteiger partial charge is 0.410 e. The molecular formula is C61H109N7O13. The van der Waals surface area contributed by atoms with Gasteiger partial charge in [0.25, 0.3) is 0 Å². The molecule has 466 valence electrons. The van der Waals surface area contributed by atoms with Crippen LogP contribution in [0.1, 0.15) is 154 Å². The normalized spacial score (nSPS) is 15.2. The maximum absolute atomic E-state index is 13.9. The molecule has 1 fully saturated rings. The summed E-state index contributed by atoms with van der Waals surface area (Å²) >= 11 is 0. The standard InChI is InChI=1S/C61H109N7O13/c1-19-25-66(54(71)79-59(8,9)10)33-30-64(26-23-48(45-53(70)78-58(5,6)7)21-20-22-52(69)77-57(2,3)4)46-49-42-50(44-51(43-49)76-41-40-75-39-38-74-37-24-62-17)47-65-29-27-63(18)28-32-67(55(72)80-60(11,12)13)35-36-68(34-31-65)56(73)81-61(14,15)16/h42-45,62H,19-41,46-47H2,1-18H3. The highest BCUT2D eigenvalue weighted by atomic mass is 16.6. The Morgan fingerprint density at radius 3 is 1.65 bits per heavy atom. The summed E-state index contributed by atoms with van der Waals surface area (Å²) in [6.07, 6.45) is 2.66. The average Bonchev–Trinajstić information content (AvgIpc) is 3.30. The average molecular weight is 1150 g/mol. The number of esters is 2. The van der Waals surface area contributed by atoms with Gasteiger partial charge in [-0.2, -0.15) is 0 Å². The molecule has 3 amide bonds. The van der Waals surface area contributed by atoms with Gasteiger partial charge in [-0.1, -0.05) is 18.6 Å². The summed E-state index contributed by atoms with van der Waals surface area (Å²) in [5, 5.41) is 3.07. The highest BCUT2D eigenvalue weighted by Gasteiger charge is 2.29. The summed E-state index contributed by atoms with van der Waals surface area (Å²) in [4.78, 5) is 79.0. The number of hydrogen-bond donors (Lipinski definition) is 1. The van der Waals surface area contributed by atoms with E-state index in [4.69, 9.17) is 37.9 Å². The molecule has 1 aliphatic heterocycles. The molecule has 20 heteroatoms. The van der Waals surface area contributed by atoms with Crippen molar-refractivity contribution in [3.8, 4) is 5.75 Å². The van der Waals surface area contributed by atoms with Crippen LogP contribution in [0.25, 0.3) is 0 Å². The van der Waals surface area contributed by atoms with E-state index in [2.05, 4.69) is 32.1 Å². The van der Waals surface area contributed by atoms with Crippen LogP contribution in [0.15, 0.2) is 29.8 Å². The van der Waals surface area contributed by atoms with Crippen molar-refractivity contribution in [3.63, 3.8) is 0 Å². The third-order valence-electron chi connectivity index (χ3n) is 12.0. The fourth-order valence-corrected chi connectivity index (χ4v) is 8.30. The van der Waals surface area contributed by atoms with E-state index in [-0.39, 0.29) is 31.6 Å². The molecule has 0 unspecified atom stereocenters. The predicted molar refractivity (Wildman–Crippen MR) is 318 cm³/mol. The van der Waals surface area contributed by atoms with E-state index in [0.29, 0.717) is 137 Å². The molecule has 0 bridgehead atoms. The molecule has 1 saturated heterocycles. The second-order valence-corrected chi connectivity index (χ2v) is 25.9. The van der Waals surface area contributed by atoms with E-state index in [1.807, 2.05) is 131 Å². The summed E-state index contributed by atoms with van der Waals surface area (Å²) in [5.74, 6) is -0.0937. The van der Waals surface area contributed by atoms with Crippen LogP contribution in [0, 0.1) is 0 Å². The number of carbonyl (C=O) groups is 5. The molecular weight excluding hydrogens is 1040 g/mol. The topological polar surface area (TPSA) is 191 Å². The predicted octanol–water partition coefficient (Wildman–Crippen LogP) is 9.16. The molecule has 1 N–H and O–H groups in total. The van der Waals surface area contributed by atoms with Gasteiger partial charge >= 0.3 is 30.2 Å². The number of carbonyl (C=O) groups excluding carboxylic acids is 5. The lowest BCUT2D eigenvalue weighted by atomic mass is 10.0. The molecule has 81 heavy (non-hydrogen) atoms. The molecule has 0 saturated carbocycles. The van der Waals surface area contributed by atoms with Crippen molar-refractivity contribution in [2.75, 3.05) is 132 Å². The van der Waals surface area contributed by atoms with Crippen LogP contribution in [-0.4, -0.2) is 220 Å². The summed E-state index contributed by atoms with van der Waals surface area (Å²) in [6.45, 7) is 39.1. The van der Waals surface area contributed by atoms with Crippen LogP contribution in [0.3, 0.4) is 0 Å². The van der Waals surface area contributed by atoms with Gasteiger partial charge in [-0.15, -0.1) is 0 Å². The van der Waals surface area contributed by atoms with Gasteiger partial charge in [0.15, 0.2) is 0 Å². The lowest BCUT2D eigenvalue weighted by molar-refractivity contribution is -0.155. The van der Waals surface area contributed by atoms with Crippen LogP contribution in [0.2, 0.25) is 0 Å². The molecule has 1 aromatic rings. The van der Waals surface area contributed by atoms with E-state index in [0.717, 1.165) is 29.7 Å². The number of rotatable bonds is 27. The third-order valence-corrected chi connectivity index (χ3v) is 12.0. The molecule has 2 rings (SSSR count). The Morgan fingerprint density at radius 1 is 0.568 bits per heavy atom. The Labute approximate surface area is 488 Å². The first kappa shape index (κ1) is 72.4. The monoisotopic (exact) mass is 1150 g/mol. The maximum Gasteiger partial charge on any atom is 0.410 e. The largest absolute Gasteiger partial charge is 0.491 e. The molecule has 0 atom stereocenters. The van der Waals surface area contributed by atoms with Crippen molar-refractivity contribution in [2.24, 2.45) is 0 Å². The number of nitrogens with zero attached hydrogens (tertiary/aromatic N) is 6. The molecule has 0 aromatic heterocycles. The van der Waals surface area contributed by atoms with E-state index in [9.17, 15) is 24.0 Å². The second-order valence-electron chi connectivity index (χ2n) is 25.9. The first-order valence-electron chi connectivity index (χ1n) is 29.4. The minimum absolute atomic E-state index is 0.193. The van der Waals surface area contributed by atoms with Crippen LogP contribution < -0.4 is 10.1 Å². The lowest BCUT2D eigenvalue weighted by Gasteiger charge is -2.34. The van der Waals surface area contributed by atoms with Crippen LogP contribution >= 0.6 is 0 Å². The molecule has 1 aromatic carbocycles. The van der Waals surface area contributed by atoms with Gasteiger partial charge < -0.3 is 62.8 Å². The van der Waals surface area contributed by atoms with Gasteiger partial charge in [-0.25, -0.2) is 19.2 Å². The molecule has 0 radical (unpaired) electrons. The first-order valence-corrected chi connectivity index (χ1v) is 29.4. The van der Waals surface area contributed by atoms with Crippen molar-refractivity contribution in [3.05, 3.63) is 41.0 Å². The van der Waals surface area contributed by atoms with E-state index < -0.39 is 46.2 Å². The number of nitrogens with one attached hydrogen (secondary N) is 1. The zero-order valence-electron chi connectivity index (χ0n) is 53.5. The van der Waals surface area contributed by atoms with Gasteiger partial charge in [0, 0.05) is 111 Å². The van der Waals surface area contributed by atoms with Gasteiger partial charge in [-0.3, -0.25) is 14.6 Å². The SMILES string of the molecule is CCCN(CCN(CCC(=CC(=O)OC(C)(C)C)CCCC(=O)OC(C)(C)C)Cc1cc(CN2CCN(C)CCN(C(=O)OC(C)(C)C)CCN(C(=O)OC(C)(C)C)CC2)cc(OCCOCCOCCNC)c1)C(=O)OC(C)(C)C. The Bertz CT molecular complexity index is 2070.